The minimum atomic E-state index is -0.995. The number of imide groups is 1. The second-order valence-electron chi connectivity index (χ2n) is 9.28. The third-order valence-corrected chi connectivity index (χ3v) is 6.59. The van der Waals surface area contributed by atoms with Crippen molar-refractivity contribution in [2.75, 3.05) is 13.9 Å². The first kappa shape index (κ1) is 25.8. The predicted molar refractivity (Wildman–Crippen MR) is 142 cm³/mol. The lowest BCUT2D eigenvalue weighted by Gasteiger charge is -2.34. The molecule has 1 atom stereocenters. The molecule has 2 heterocycles. The normalized spacial score (nSPS) is 17.3. The van der Waals surface area contributed by atoms with Crippen molar-refractivity contribution >= 4 is 23.8 Å². The Labute approximate surface area is 225 Å². The van der Waals surface area contributed by atoms with Crippen LogP contribution >= 0.6 is 0 Å². The van der Waals surface area contributed by atoms with Crippen LogP contribution in [0.5, 0.6) is 23.0 Å². The summed E-state index contributed by atoms with van der Waals surface area (Å²) in [6.45, 7) is 3.50. The van der Waals surface area contributed by atoms with E-state index in [1.54, 1.807) is 25.3 Å². The number of aryl methyl sites for hydroxylation is 1. The van der Waals surface area contributed by atoms with Crippen molar-refractivity contribution in [1.82, 2.24) is 10.2 Å². The van der Waals surface area contributed by atoms with Crippen molar-refractivity contribution in [3.8, 4) is 23.0 Å². The SMILES string of the molecule is COc1ccc(CC2C(=O)N/C(=C\c3cc4c(cc3OCc3ccccc3)OCO4)C(=O)N2C(C)=O)cc1C. The number of carbonyl (C=O) groups is 3. The number of nitrogens with one attached hydrogen (secondary N) is 1. The van der Waals surface area contributed by atoms with Crippen molar-refractivity contribution in [2.45, 2.75) is 32.9 Å². The molecule has 0 aromatic heterocycles. The lowest BCUT2D eigenvalue weighted by atomic mass is 9.98. The summed E-state index contributed by atoms with van der Waals surface area (Å²) in [5.74, 6) is 0.552. The zero-order valence-electron chi connectivity index (χ0n) is 21.9. The number of amides is 3. The third-order valence-electron chi connectivity index (χ3n) is 6.59. The molecule has 0 bridgehead atoms. The Balaban J connectivity index is 1.44. The number of rotatable bonds is 7. The van der Waals surface area contributed by atoms with Gasteiger partial charge >= 0.3 is 0 Å². The quantitative estimate of drug-likeness (QED) is 0.466. The number of hydrogen-bond donors (Lipinski definition) is 1. The molecule has 9 nitrogen and oxygen atoms in total. The Morgan fingerprint density at radius 3 is 2.46 bits per heavy atom. The van der Waals surface area contributed by atoms with Gasteiger partial charge in [-0.1, -0.05) is 42.5 Å². The standard InChI is InChI=1S/C30H28N2O7/c1-18-11-21(9-10-25(18)36-3)12-24-29(34)31-23(30(35)32(24)19(2)33)13-22-14-27-28(39-17-38-27)15-26(22)37-16-20-7-5-4-6-8-20/h4-11,13-15,24H,12,16-17H2,1-3H3,(H,31,34)/b23-13-. The summed E-state index contributed by atoms with van der Waals surface area (Å²) in [7, 11) is 1.58. The highest BCUT2D eigenvalue weighted by atomic mass is 16.7. The van der Waals surface area contributed by atoms with E-state index in [4.69, 9.17) is 18.9 Å². The fraction of sp³-hybridized carbons (Fsp3) is 0.233. The van der Waals surface area contributed by atoms with Crippen LogP contribution < -0.4 is 24.3 Å². The van der Waals surface area contributed by atoms with Gasteiger partial charge in [0.05, 0.1) is 7.11 Å². The molecule has 3 aromatic carbocycles. The molecule has 39 heavy (non-hydrogen) atoms. The van der Waals surface area contributed by atoms with E-state index in [1.165, 1.54) is 13.0 Å². The number of piperazine rings is 1. The molecule has 0 aliphatic carbocycles. The Morgan fingerprint density at radius 1 is 1.03 bits per heavy atom. The second-order valence-corrected chi connectivity index (χ2v) is 9.28. The summed E-state index contributed by atoms with van der Waals surface area (Å²) < 4.78 is 22.4. The maximum atomic E-state index is 13.5. The topological polar surface area (TPSA) is 103 Å². The number of methoxy groups -OCH3 is 1. The maximum Gasteiger partial charge on any atom is 0.277 e. The van der Waals surface area contributed by atoms with Gasteiger partial charge in [-0.05, 0) is 41.8 Å². The number of hydrogen-bond acceptors (Lipinski definition) is 7. The van der Waals surface area contributed by atoms with Crippen LogP contribution in [-0.4, -0.2) is 42.6 Å². The Morgan fingerprint density at radius 2 is 1.77 bits per heavy atom. The molecule has 0 radical (unpaired) electrons. The van der Waals surface area contributed by atoms with Gasteiger partial charge in [0.15, 0.2) is 11.5 Å². The number of benzene rings is 3. The zero-order valence-corrected chi connectivity index (χ0v) is 21.9. The fourth-order valence-electron chi connectivity index (χ4n) is 4.66. The van der Waals surface area contributed by atoms with Crippen LogP contribution in [0.1, 0.15) is 29.2 Å². The summed E-state index contributed by atoms with van der Waals surface area (Å²) in [4.78, 5) is 40.4. The summed E-state index contributed by atoms with van der Waals surface area (Å²) in [6.07, 6.45) is 1.66. The third kappa shape index (κ3) is 5.43. The molecule has 0 spiro atoms. The van der Waals surface area contributed by atoms with Crippen LogP contribution in [0, 0.1) is 6.92 Å². The minimum Gasteiger partial charge on any atom is -0.496 e. The Hall–Kier alpha value is -4.79. The summed E-state index contributed by atoms with van der Waals surface area (Å²) in [5, 5.41) is 2.70. The van der Waals surface area contributed by atoms with Crippen LogP contribution in [0.2, 0.25) is 0 Å². The van der Waals surface area contributed by atoms with E-state index in [-0.39, 0.29) is 25.5 Å². The van der Waals surface area contributed by atoms with Gasteiger partial charge < -0.3 is 24.3 Å². The summed E-state index contributed by atoms with van der Waals surface area (Å²) in [5.41, 5.74) is 3.09. The molecule has 3 aromatic rings. The first-order valence-electron chi connectivity index (χ1n) is 12.4. The molecule has 3 amide bonds. The molecule has 0 saturated carbocycles. The largest absolute Gasteiger partial charge is 0.496 e. The van der Waals surface area contributed by atoms with Crippen molar-refractivity contribution < 1.29 is 33.3 Å². The Kier molecular flexibility index (Phi) is 7.23. The lowest BCUT2D eigenvalue weighted by Crippen LogP contribution is -2.59. The lowest BCUT2D eigenvalue weighted by molar-refractivity contribution is -0.152. The average Bonchev–Trinajstić information content (AvgIpc) is 3.38. The smallest absolute Gasteiger partial charge is 0.277 e. The van der Waals surface area contributed by atoms with Crippen molar-refractivity contribution in [1.29, 1.82) is 0 Å². The molecular formula is C30H28N2O7. The van der Waals surface area contributed by atoms with E-state index in [0.29, 0.717) is 28.6 Å². The van der Waals surface area contributed by atoms with E-state index in [0.717, 1.165) is 21.6 Å². The molecule has 1 saturated heterocycles. The van der Waals surface area contributed by atoms with Gasteiger partial charge in [-0.3, -0.25) is 19.3 Å². The van der Waals surface area contributed by atoms with Crippen LogP contribution in [0.25, 0.3) is 6.08 Å². The van der Waals surface area contributed by atoms with E-state index >= 15 is 0 Å². The first-order valence-corrected chi connectivity index (χ1v) is 12.4. The van der Waals surface area contributed by atoms with E-state index in [9.17, 15) is 14.4 Å². The summed E-state index contributed by atoms with van der Waals surface area (Å²) >= 11 is 0. The molecule has 200 valence electrons. The molecule has 5 rings (SSSR count). The molecule has 2 aliphatic heterocycles. The van der Waals surface area contributed by atoms with E-state index in [2.05, 4.69) is 5.32 Å². The average molecular weight is 529 g/mol. The molecular weight excluding hydrogens is 500 g/mol. The van der Waals surface area contributed by atoms with Gasteiger partial charge in [0, 0.05) is 25.0 Å². The molecule has 1 N–H and O–H groups in total. The summed E-state index contributed by atoms with van der Waals surface area (Å²) in [6, 6.07) is 17.5. The zero-order chi connectivity index (χ0) is 27.5. The van der Waals surface area contributed by atoms with Gasteiger partial charge in [-0.15, -0.1) is 0 Å². The first-order chi connectivity index (χ1) is 18.8. The highest BCUT2D eigenvalue weighted by Crippen LogP contribution is 2.39. The maximum absolute atomic E-state index is 13.5. The van der Waals surface area contributed by atoms with E-state index < -0.39 is 23.8 Å². The molecule has 9 heteroatoms. The number of nitrogens with zero attached hydrogens (tertiary/aromatic N) is 1. The van der Waals surface area contributed by atoms with Crippen molar-refractivity contribution in [2.24, 2.45) is 0 Å². The van der Waals surface area contributed by atoms with Gasteiger partial charge in [0.1, 0.15) is 29.8 Å². The minimum absolute atomic E-state index is 0.0409. The Bertz CT molecular complexity index is 1470. The van der Waals surface area contributed by atoms with Gasteiger partial charge in [-0.25, -0.2) is 0 Å². The van der Waals surface area contributed by atoms with Crippen LogP contribution in [0.3, 0.4) is 0 Å². The monoisotopic (exact) mass is 528 g/mol. The van der Waals surface area contributed by atoms with Crippen LogP contribution in [-0.2, 0) is 27.4 Å². The van der Waals surface area contributed by atoms with E-state index in [1.807, 2.05) is 49.4 Å². The predicted octanol–water partition coefficient (Wildman–Crippen LogP) is 3.77. The highest BCUT2D eigenvalue weighted by molar-refractivity contribution is 6.14. The van der Waals surface area contributed by atoms with Gasteiger partial charge in [0.2, 0.25) is 18.6 Å². The number of carbonyl (C=O) groups excluding carboxylic acids is 3. The van der Waals surface area contributed by atoms with Crippen molar-refractivity contribution in [3.05, 3.63) is 88.6 Å². The highest BCUT2D eigenvalue weighted by Gasteiger charge is 2.40. The second kappa shape index (κ2) is 10.9. The number of ether oxygens (including phenoxy) is 4. The van der Waals surface area contributed by atoms with Gasteiger partial charge in [-0.2, -0.15) is 0 Å². The van der Waals surface area contributed by atoms with Crippen LogP contribution in [0.15, 0.2) is 66.4 Å². The van der Waals surface area contributed by atoms with Crippen LogP contribution in [0.4, 0.5) is 0 Å². The number of fused-ring (bicyclic) bond motifs is 1. The molecule has 1 unspecified atom stereocenters. The fourth-order valence-corrected chi connectivity index (χ4v) is 4.66. The molecule has 2 aliphatic rings. The molecule has 1 fully saturated rings. The van der Waals surface area contributed by atoms with Gasteiger partial charge in [0.25, 0.3) is 5.91 Å². The van der Waals surface area contributed by atoms with Crippen molar-refractivity contribution in [3.63, 3.8) is 0 Å².